The van der Waals surface area contributed by atoms with Gasteiger partial charge in [0.25, 0.3) is 0 Å². The first-order valence-corrected chi connectivity index (χ1v) is 7.88. The van der Waals surface area contributed by atoms with Crippen LogP contribution in [0.4, 0.5) is 13.2 Å². The lowest BCUT2D eigenvalue weighted by molar-refractivity contribution is -0.147. The van der Waals surface area contributed by atoms with E-state index in [0.29, 0.717) is 29.1 Å². The van der Waals surface area contributed by atoms with Crippen molar-refractivity contribution in [3.05, 3.63) is 54.4 Å². The van der Waals surface area contributed by atoms with Crippen LogP contribution in [-0.2, 0) is 12.7 Å². The maximum Gasteiger partial charge on any atom is 0.449 e. The molecular formula is C18H17F3N2O2. The zero-order chi connectivity index (χ0) is 17.9. The summed E-state index contributed by atoms with van der Waals surface area (Å²) in [6.45, 7) is 2.41. The number of ether oxygens (including phenoxy) is 2. The van der Waals surface area contributed by atoms with Gasteiger partial charge < -0.3 is 14.0 Å². The van der Waals surface area contributed by atoms with Gasteiger partial charge >= 0.3 is 6.18 Å². The number of alkyl halides is 3. The van der Waals surface area contributed by atoms with Gasteiger partial charge in [-0.2, -0.15) is 13.2 Å². The van der Waals surface area contributed by atoms with E-state index in [9.17, 15) is 13.2 Å². The van der Waals surface area contributed by atoms with Crippen molar-refractivity contribution in [3.8, 4) is 11.5 Å². The van der Waals surface area contributed by atoms with Crippen molar-refractivity contribution in [2.45, 2.75) is 19.6 Å². The van der Waals surface area contributed by atoms with Crippen molar-refractivity contribution < 1.29 is 22.6 Å². The van der Waals surface area contributed by atoms with E-state index in [1.807, 2.05) is 13.0 Å². The van der Waals surface area contributed by atoms with Crippen LogP contribution in [0.2, 0.25) is 0 Å². The molecule has 25 heavy (non-hydrogen) atoms. The van der Waals surface area contributed by atoms with Crippen molar-refractivity contribution in [1.29, 1.82) is 0 Å². The van der Waals surface area contributed by atoms with E-state index in [1.165, 1.54) is 0 Å². The quantitative estimate of drug-likeness (QED) is 0.655. The van der Waals surface area contributed by atoms with E-state index >= 15 is 0 Å². The molecule has 0 saturated heterocycles. The number of hydrogen-bond acceptors (Lipinski definition) is 3. The third-order valence-electron chi connectivity index (χ3n) is 3.63. The molecule has 7 heteroatoms. The number of aromatic nitrogens is 2. The Balaban J connectivity index is 1.82. The lowest BCUT2D eigenvalue weighted by Gasteiger charge is -2.14. The molecule has 1 aromatic heterocycles. The summed E-state index contributed by atoms with van der Waals surface area (Å²) >= 11 is 0. The highest BCUT2D eigenvalue weighted by Gasteiger charge is 2.37. The number of para-hydroxylation sites is 4. The second kappa shape index (κ2) is 7.04. The van der Waals surface area contributed by atoms with Crippen molar-refractivity contribution in [2.24, 2.45) is 0 Å². The Morgan fingerprint density at radius 2 is 1.60 bits per heavy atom. The number of rotatable bonds is 6. The number of nitrogens with zero attached hydrogens (tertiary/aromatic N) is 2. The molecule has 0 aliphatic carbocycles. The molecule has 0 fully saturated rings. The smallest absolute Gasteiger partial charge is 0.449 e. The van der Waals surface area contributed by atoms with Crippen LogP contribution >= 0.6 is 0 Å². The maximum absolute atomic E-state index is 13.3. The van der Waals surface area contributed by atoms with Gasteiger partial charge in [0.2, 0.25) is 5.82 Å². The van der Waals surface area contributed by atoms with Gasteiger partial charge in [0.1, 0.15) is 6.61 Å². The molecular weight excluding hydrogens is 333 g/mol. The number of imidazole rings is 1. The topological polar surface area (TPSA) is 36.3 Å². The first kappa shape index (κ1) is 17.1. The van der Waals surface area contributed by atoms with Gasteiger partial charge in [-0.05, 0) is 31.2 Å². The molecule has 0 aliphatic heterocycles. The normalized spacial score (nSPS) is 11.7. The number of benzene rings is 2. The first-order valence-electron chi connectivity index (χ1n) is 7.88. The molecule has 0 atom stereocenters. The average molecular weight is 350 g/mol. The second-order valence-corrected chi connectivity index (χ2v) is 5.30. The summed E-state index contributed by atoms with van der Waals surface area (Å²) < 4.78 is 52.0. The third-order valence-corrected chi connectivity index (χ3v) is 3.63. The fourth-order valence-electron chi connectivity index (χ4n) is 2.61. The van der Waals surface area contributed by atoms with Crippen LogP contribution in [0.25, 0.3) is 11.0 Å². The molecule has 0 spiro atoms. The predicted octanol–water partition coefficient (Wildman–Crippen LogP) is 4.53. The molecule has 3 aromatic rings. The van der Waals surface area contributed by atoms with Crippen molar-refractivity contribution in [1.82, 2.24) is 9.55 Å². The van der Waals surface area contributed by atoms with Crippen LogP contribution in [0.3, 0.4) is 0 Å². The van der Waals surface area contributed by atoms with E-state index in [0.717, 1.165) is 4.57 Å². The molecule has 0 aliphatic rings. The average Bonchev–Trinajstić information content (AvgIpc) is 2.96. The Bertz CT molecular complexity index is 859. The molecule has 0 unspecified atom stereocenters. The Hall–Kier alpha value is -2.70. The SMILES string of the molecule is CCOc1ccccc1OCCn1c(C(F)(F)F)nc2ccccc21. The summed E-state index contributed by atoms with van der Waals surface area (Å²) in [6, 6.07) is 13.6. The van der Waals surface area contributed by atoms with E-state index < -0.39 is 12.0 Å². The van der Waals surface area contributed by atoms with E-state index in [2.05, 4.69) is 4.98 Å². The summed E-state index contributed by atoms with van der Waals surface area (Å²) in [5.74, 6) is 0.147. The summed E-state index contributed by atoms with van der Waals surface area (Å²) in [4.78, 5) is 3.71. The minimum Gasteiger partial charge on any atom is -0.490 e. The van der Waals surface area contributed by atoms with Crippen LogP contribution in [0.5, 0.6) is 11.5 Å². The molecule has 3 rings (SSSR count). The van der Waals surface area contributed by atoms with Gasteiger partial charge in [-0.1, -0.05) is 24.3 Å². The minimum absolute atomic E-state index is 0.0236. The molecule has 2 aromatic carbocycles. The highest BCUT2D eigenvalue weighted by molar-refractivity contribution is 5.76. The van der Waals surface area contributed by atoms with Gasteiger partial charge in [-0.3, -0.25) is 0 Å². The molecule has 0 N–H and O–H groups in total. The van der Waals surface area contributed by atoms with E-state index in [-0.39, 0.29) is 13.2 Å². The number of halogens is 3. The zero-order valence-corrected chi connectivity index (χ0v) is 13.6. The van der Waals surface area contributed by atoms with E-state index in [4.69, 9.17) is 9.47 Å². The molecule has 0 amide bonds. The van der Waals surface area contributed by atoms with Crippen LogP contribution in [0, 0.1) is 0 Å². The van der Waals surface area contributed by atoms with Crippen molar-refractivity contribution in [3.63, 3.8) is 0 Å². The Morgan fingerprint density at radius 3 is 2.28 bits per heavy atom. The molecule has 0 saturated carbocycles. The van der Waals surface area contributed by atoms with Crippen molar-refractivity contribution >= 4 is 11.0 Å². The predicted molar refractivity (Wildman–Crippen MR) is 87.8 cm³/mol. The highest BCUT2D eigenvalue weighted by Crippen LogP contribution is 2.32. The fraction of sp³-hybridized carbons (Fsp3) is 0.278. The Kier molecular flexibility index (Phi) is 4.83. The van der Waals surface area contributed by atoms with Crippen LogP contribution in [0.15, 0.2) is 48.5 Å². The van der Waals surface area contributed by atoms with Gasteiger partial charge in [0.05, 0.1) is 24.2 Å². The third kappa shape index (κ3) is 3.70. The maximum atomic E-state index is 13.3. The Labute approximate surface area is 142 Å². The number of hydrogen-bond donors (Lipinski definition) is 0. The summed E-state index contributed by atoms with van der Waals surface area (Å²) in [5.41, 5.74) is 0.737. The zero-order valence-electron chi connectivity index (χ0n) is 13.6. The van der Waals surface area contributed by atoms with Gasteiger partial charge in [0, 0.05) is 0 Å². The van der Waals surface area contributed by atoms with Gasteiger partial charge in [0.15, 0.2) is 11.5 Å². The monoisotopic (exact) mass is 350 g/mol. The lowest BCUT2D eigenvalue weighted by atomic mass is 10.3. The minimum atomic E-state index is -4.53. The van der Waals surface area contributed by atoms with Gasteiger partial charge in [-0.25, -0.2) is 4.98 Å². The molecule has 1 heterocycles. The molecule has 4 nitrogen and oxygen atoms in total. The summed E-state index contributed by atoms with van der Waals surface area (Å²) in [6.07, 6.45) is -4.53. The summed E-state index contributed by atoms with van der Waals surface area (Å²) in [5, 5.41) is 0. The first-order chi connectivity index (χ1) is 12.0. The fourth-order valence-corrected chi connectivity index (χ4v) is 2.61. The highest BCUT2D eigenvalue weighted by atomic mass is 19.4. The van der Waals surface area contributed by atoms with Crippen LogP contribution < -0.4 is 9.47 Å². The van der Waals surface area contributed by atoms with Crippen molar-refractivity contribution in [2.75, 3.05) is 13.2 Å². The van der Waals surface area contributed by atoms with E-state index in [1.54, 1.807) is 42.5 Å². The largest absolute Gasteiger partial charge is 0.490 e. The molecule has 132 valence electrons. The Morgan fingerprint density at radius 1 is 0.960 bits per heavy atom. The summed E-state index contributed by atoms with van der Waals surface area (Å²) in [7, 11) is 0. The van der Waals surface area contributed by atoms with Crippen LogP contribution in [0.1, 0.15) is 12.7 Å². The standard InChI is InChI=1S/C18H17F3N2O2/c1-2-24-15-9-5-6-10-16(15)25-12-11-23-14-8-4-3-7-13(14)22-17(23)18(19,20)21/h3-10H,2,11-12H2,1H3. The molecule has 0 bridgehead atoms. The lowest BCUT2D eigenvalue weighted by Crippen LogP contribution is -2.18. The van der Waals surface area contributed by atoms with Gasteiger partial charge in [-0.15, -0.1) is 0 Å². The molecule has 0 radical (unpaired) electrons. The second-order valence-electron chi connectivity index (χ2n) is 5.30. The number of fused-ring (bicyclic) bond motifs is 1. The van der Waals surface area contributed by atoms with Crippen LogP contribution in [-0.4, -0.2) is 22.8 Å².